The van der Waals surface area contributed by atoms with Gasteiger partial charge in [0.1, 0.15) is 6.10 Å². The fraction of sp³-hybridized carbons (Fsp3) is 0.364. The summed E-state index contributed by atoms with van der Waals surface area (Å²) in [7, 11) is 0. The standard InChI is InChI=1S/C11H13ClN4O3/c12-9-1-2-10(15-14-9)16-6-7(5-13-16)11(19)8(18)3-4-17/h1-2,5-6,8,11,17-19H,3-4H2. The van der Waals surface area contributed by atoms with Gasteiger partial charge in [0.2, 0.25) is 0 Å². The predicted molar refractivity (Wildman–Crippen MR) is 66.8 cm³/mol. The molecule has 0 bridgehead atoms. The third-order valence-electron chi connectivity index (χ3n) is 2.59. The van der Waals surface area contributed by atoms with Gasteiger partial charge in [0.15, 0.2) is 11.0 Å². The summed E-state index contributed by atoms with van der Waals surface area (Å²) in [5, 5.41) is 40.0. The van der Waals surface area contributed by atoms with Gasteiger partial charge in [-0.1, -0.05) is 11.6 Å². The molecular weight excluding hydrogens is 272 g/mol. The molecule has 0 radical (unpaired) electrons. The van der Waals surface area contributed by atoms with Crippen molar-refractivity contribution in [2.45, 2.75) is 18.6 Å². The van der Waals surface area contributed by atoms with Crippen molar-refractivity contribution >= 4 is 11.6 Å². The minimum Gasteiger partial charge on any atom is -0.396 e. The Balaban J connectivity index is 2.16. The molecule has 0 aliphatic rings. The Hall–Kier alpha value is -1.54. The molecule has 0 aromatic carbocycles. The van der Waals surface area contributed by atoms with E-state index in [-0.39, 0.29) is 18.2 Å². The highest BCUT2D eigenvalue weighted by molar-refractivity contribution is 6.29. The molecule has 0 aliphatic carbocycles. The zero-order chi connectivity index (χ0) is 13.8. The average Bonchev–Trinajstić information content (AvgIpc) is 2.88. The van der Waals surface area contributed by atoms with Crippen LogP contribution in [0.15, 0.2) is 24.5 Å². The van der Waals surface area contributed by atoms with E-state index in [9.17, 15) is 10.2 Å². The van der Waals surface area contributed by atoms with Crippen molar-refractivity contribution in [2.75, 3.05) is 6.61 Å². The van der Waals surface area contributed by atoms with Crippen LogP contribution in [0.1, 0.15) is 18.1 Å². The number of aliphatic hydroxyl groups is 3. The molecule has 0 spiro atoms. The summed E-state index contributed by atoms with van der Waals surface area (Å²) in [5.41, 5.74) is 0.428. The van der Waals surface area contributed by atoms with E-state index in [4.69, 9.17) is 16.7 Å². The first-order chi connectivity index (χ1) is 9.11. The van der Waals surface area contributed by atoms with Crippen molar-refractivity contribution in [2.24, 2.45) is 0 Å². The molecule has 2 heterocycles. The summed E-state index contributed by atoms with van der Waals surface area (Å²) in [6.45, 7) is -0.199. The molecule has 2 rings (SSSR count). The highest BCUT2D eigenvalue weighted by atomic mass is 35.5. The lowest BCUT2D eigenvalue weighted by molar-refractivity contribution is 0.00420. The largest absolute Gasteiger partial charge is 0.396 e. The third-order valence-corrected chi connectivity index (χ3v) is 2.79. The van der Waals surface area contributed by atoms with Gasteiger partial charge in [-0.05, 0) is 18.6 Å². The van der Waals surface area contributed by atoms with E-state index in [0.29, 0.717) is 11.4 Å². The fourth-order valence-electron chi connectivity index (χ4n) is 1.56. The summed E-state index contributed by atoms with van der Waals surface area (Å²) >= 11 is 5.63. The normalized spacial score (nSPS) is 14.3. The zero-order valence-corrected chi connectivity index (χ0v) is 10.6. The van der Waals surface area contributed by atoms with Gasteiger partial charge in [0.25, 0.3) is 0 Å². The van der Waals surface area contributed by atoms with Crippen LogP contribution in [-0.4, -0.2) is 48.0 Å². The van der Waals surface area contributed by atoms with Gasteiger partial charge in [-0.2, -0.15) is 5.10 Å². The van der Waals surface area contributed by atoms with E-state index in [1.807, 2.05) is 0 Å². The number of nitrogens with zero attached hydrogens (tertiary/aromatic N) is 4. The van der Waals surface area contributed by atoms with Crippen molar-refractivity contribution in [3.63, 3.8) is 0 Å². The summed E-state index contributed by atoms with van der Waals surface area (Å²) in [6, 6.07) is 3.20. The third kappa shape index (κ3) is 3.27. The number of hydrogen-bond acceptors (Lipinski definition) is 6. The molecule has 2 aromatic heterocycles. The minimum atomic E-state index is -1.11. The Kier molecular flexibility index (Phi) is 4.43. The molecule has 0 amide bonds. The van der Waals surface area contributed by atoms with Gasteiger partial charge in [-0.25, -0.2) is 4.68 Å². The number of halogens is 1. The molecule has 2 aromatic rings. The molecule has 0 fully saturated rings. The zero-order valence-electron chi connectivity index (χ0n) is 9.89. The molecule has 0 saturated carbocycles. The molecule has 3 N–H and O–H groups in total. The van der Waals surface area contributed by atoms with Crippen LogP contribution in [0.25, 0.3) is 5.82 Å². The van der Waals surface area contributed by atoms with Crippen molar-refractivity contribution < 1.29 is 15.3 Å². The summed E-state index contributed by atoms with van der Waals surface area (Å²) < 4.78 is 1.41. The SMILES string of the molecule is OCCC(O)C(O)c1cnn(-c2ccc(Cl)nn2)c1. The molecule has 19 heavy (non-hydrogen) atoms. The Bertz CT molecular complexity index is 531. The molecule has 0 saturated heterocycles. The van der Waals surface area contributed by atoms with Crippen LogP contribution >= 0.6 is 11.6 Å². The van der Waals surface area contributed by atoms with Crippen molar-refractivity contribution in [3.05, 3.63) is 35.2 Å². The topological polar surface area (TPSA) is 104 Å². The van der Waals surface area contributed by atoms with E-state index >= 15 is 0 Å². The number of aliphatic hydroxyl groups excluding tert-OH is 3. The fourth-order valence-corrected chi connectivity index (χ4v) is 1.66. The molecule has 7 nitrogen and oxygen atoms in total. The summed E-state index contributed by atoms with van der Waals surface area (Å²) in [5.74, 6) is 0.444. The molecule has 0 aliphatic heterocycles. The summed E-state index contributed by atoms with van der Waals surface area (Å²) in [4.78, 5) is 0. The average molecular weight is 285 g/mol. The quantitative estimate of drug-likeness (QED) is 0.719. The maximum absolute atomic E-state index is 9.85. The van der Waals surface area contributed by atoms with E-state index in [0.717, 1.165) is 0 Å². The van der Waals surface area contributed by atoms with Crippen LogP contribution < -0.4 is 0 Å². The second kappa shape index (κ2) is 6.07. The van der Waals surface area contributed by atoms with Crippen LogP contribution in [-0.2, 0) is 0 Å². The number of rotatable bonds is 5. The maximum Gasteiger partial charge on any atom is 0.175 e. The monoisotopic (exact) mass is 284 g/mol. The first-order valence-electron chi connectivity index (χ1n) is 5.63. The number of aromatic nitrogens is 4. The van der Waals surface area contributed by atoms with Gasteiger partial charge < -0.3 is 15.3 Å². The van der Waals surface area contributed by atoms with Gasteiger partial charge in [-0.3, -0.25) is 0 Å². The molecule has 2 unspecified atom stereocenters. The Labute approximate surface area is 114 Å². The maximum atomic E-state index is 9.85. The lowest BCUT2D eigenvalue weighted by atomic mass is 10.1. The first-order valence-corrected chi connectivity index (χ1v) is 6.01. The van der Waals surface area contributed by atoms with Crippen molar-refractivity contribution in [1.82, 2.24) is 20.0 Å². The van der Waals surface area contributed by atoms with E-state index in [1.54, 1.807) is 12.1 Å². The first kappa shape index (κ1) is 13.9. The Morgan fingerprint density at radius 1 is 1.26 bits per heavy atom. The summed E-state index contributed by atoms with van der Waals surface area (Å²) in [6.07, 6.45) is 0.887. The highest BCUT2D eigenvalue weighted by Crippen LogP contribution is 2.19. The van der Waals surface area contributed by atoms with Crippen molar-refractivity contribution in [3.8, 4) is 5.82 Å². The second-order valence-electron chi connectivity index (χ2n) is 3.96. The van der Waals surface area contributed by atoms with E-state index in [2.05, 4.69) is 15.3 Å². The lowest BCUT2D eigenvalue weighted by Gasteiger charge is -2.14. The molecule has 2 atom stereocenters. The van der Waals surface area contributed by atoms with Crippen LogP contribution in [0, 0.1) is 0 Å². The smallest absolute Gasteiger partial charge is 0.175 e. The van der Waals surface area contributed by atoms with Crippen LogP contribution in [0.4, 0.5) is 0 Å². The van der Waals surface area contributed by atoms with Crippen LogP contribution in [0.2, 0.25) is 5.15 Å². The van der Waals surface area contributed by atoms with Crippen LogP contribution in [0.3, 0.4) is 0 Å². The van der Waals surface area contributed by atoms with Crippen molar-refractivity contribution in [1.29, 1.82) is 0 Å². The van der Waals surface area contributed by atoms with Gasteiger partial charge in [0.05, 0.1) is 12.3 Å². The van der Waals surface area contributed by atoms with E-state index in [1.165, 1.54) is 17.1 Å². The van der Waals surface area contributed by atoms with Crippen LogP contribution in [0.5, 0.6) is 0 Å². The van der Waals surface area contributed by atoms with Gasteiger partial charge >= 0.3 is 0 Å². The predicted octanol–water partition coefficient (Wildman–Crippen LogP) is 0.0924. The molecular formula is C11H13ClN4O3. The van der Waals surface area contributed by atoms with Gasteiger partial charge in [0, 0.05) is 18.4 Å². The lowest BCUT2D eigenvalue weighted by Crippen LogP contribution is -2.19. The molecule has 8 heteroatoms. The molecule has 102 valence electrons. The Morgan fingerprint density at radius 2 is 2.05 bits per heavy atom. The second-order valence-corrected chi connectivity index (χ2v) is 4.34. The van der Waals surface area contributed by atoms with Gasteiger partial charge in [-0.15, -0.1) is 10.2 Å². The van der Waals surface area contributed by atoms with E-state index < -0.39 is 12.2 Å². The Morgan fingerprint density at radius 3 is 2.68 bits per heavy atom. The number of hydrogen-bond donors (Lipinski definition) is 3. The highest BCUT2D eigenvalue weighted by Gasteiger charge is 2.19. The minimum absolute atomic E-state index is 0.0904.